The van der Waals surface area contributed by atoms with Crippen molar-refractivity contribution < 1.29 is 5.11 Å². The fourth-order valence-corrected chi connectivity index (χ4v) is 2.95. The van der Waals surface area contributed by atoms with E-state index in [0.717, 1.165) is 31.4 Å². The Morgan fingerprint density at radius 3 is 2.65 bits per heavy atom. The molecule has 3 rings (SSSR count). The molecule has 1 fully saturated rings. The van der Waals surface area contributed by atoms with Gasteiger partial charge in [-0.2, -0.15) is 5.10 Å². The van der Waals surface area contributed by atoms with Crippen molar-refractivity contribution in [3.05, 3.63) is 53.9 Å². The van der Waals surface area contributed by atoms with Gasteiger partial charge >= 0.3 is 0 Å². The van der Waals surface area contributed by atoms with Gasteiger partial charge in [0.1, 0.15) is 0 Å². The Hall–Kier alpha value is -1.65. The average molecular weight is 271 g/mol. The molecule has 4 heteroatoms. The van der Waals surface area contributed by atoms with Gasteiger partial charge in [0.05, 0.1) is 18.8 Å². The van der Waals surface area contributed by atoms with Gasteiger partial charge in [0.2, 0.25) is 0 Å². The molecule has 0 aliphatic heterocycles. The van der Waals surface area contributed by atoms with E-state index in [1.54, 1.807) is 6.20 Å². The molecular weight excluding hydrogens is 250 g/mol. The fourth-order valence-electron chi connectivity index (χ4n) is 2.95. The van der Waals surface area contributed by atoms with E-state index in [1.807, 2.05) is 29.1 Å². The Kier molecular flexibility index (Phi) is 3.59. The van der Waals surface area contributed by atoms with Crippen LogP contribution in [0.3, 0.4) is 0 Å². The maximum Gasteiger partial charge on any atom is 0.0888 e. The molecule has 0 spiro atoms. The summed E-state index contributed by atoms with van der Waals surface area (Å²) in [5.74, 6) is 0. The molecule has 0 radical (unpaired) electrons. The first kappa shape index (κ1) is 13.3. The third kappa shape index (κ3) is 2.37. The van der Waals surface area contributed by atoms with Crippen LogP contribution in [-0.4, -0.2) is 21.4 Å². The number of nitrogens with two attached hydrogens (primary N) is 1. The van der Waals surface area contributed by atoms with E-state index in [4.69, 9.17) is 5.73 Å². The Morgan fingerprint density at radius 2 is 2.05 bits per heavy atom. The molecule has 1 aliphatic rings. The summed E-state index contributed by atoms with van der Waals surface area (Å²) in [7, 11) is 0. The van der Waals surface area contributed by atoms with E-state index in [2.05, 4.69) is 17.2 Å². The summed E-state index contributed by atoms with van der Waals surface area (Å²) >= 11 is 0. The van der Waals surface area contributed by atoms with E-state index < -0.39 is 6.10 Å². The van der Waals surface area contributed by atoms with Crippen molar-refractivity contribution in [3.8, 4) is 0 Å². The quantitative estimate of drug-likeness (QED) is 0.875. The largest absolute Gasteiger partial charge is 0.388 e. The van der Waals surface area contributed by atoms with Gasteiger partial charge < -0.3 is 10.8 Å². The standard InChI is InChI=1S/C16H21N3O/c17-12-16(7-4-8-16)15(20)14-9-18-19(11-14)10-13-5-2-1-3-6-13/h1-3,5-6,9,11,15,20H,4,7-8,10,12,17H2. The first-order chi connectivity index (χ1) is 9.73. The van der Waals surface area contributed by atoms with Crippen molar-refractivity contribution in [1.29, 1.82) is 0 Å². The van der Waals surface area contributed by atoms with Crippen LogP contribution in [0.1, 0.15) is 36.5 Å². The summed E-state index contributed by atoms with van der Waals surface area (Å²) in [5.41, 5.74) is 7.81. The molecule has 3 N–H and O–H groups in total. The van der Waals surface area contributed by atoms with Gasteiger partial charge in [-0.15, -0.1) is 0 Å². The van der Waals surface area contributed by atoms with Gasteiger partial charge in [0.25, 0.3) is 0 Å². The van der Waals surface area contributed by atoms with Crippen LogP contribution >= 0.6 is 0 Å². The average Bonchev–Trinajstić information content (AvgIpc) is 2.87. The van der Waals surface area contributed by atoms with Crippen molar-refractivity contribution >= 4 is 0 Å². The molecule has 1 atom stereocenters. The number of rotatable bonds is 5. The SMILES string of the molecule is NCC1(C(O)c2cnn(Cc3ccccc3)c2)CCC1. The Labute approximate surface area is 119 Å². The van der Waals surface area contributed by atoms with E-state index in [1.165, 1.54) is 5.56 Å². The van der Waals surface area contributed by atoms with Crippen molar-refractivity contribution in [2.75, 3.05) is 6.54 Å². The third-order valence-electron chi connectivity index (χ3n) is 4.49. The van der Waals surface area contributed by atoms with Gasteiger partial charge in [0.15, 0.2) is 0 Å². The molecule has 4 nitrogen and oxygen atoms in total. The summed E-state index contributed by atoms with van der Waals surface area (Å²) < 4.78 is 1.87. The van der Waals surface area contributed by atoms with Crippen LogP contribution in [0, 0.1) is 5.41 Å². The highest BCUT2D eigenvalue weighted by atomic mass is 16.3. The lowest BCUT2D eigenvalue weighted by Crippen LogP contribution is -2.42. The predicted molar refractivity (Wildman–Crippen MR) is 78.1 cm³/mol. The molecule has 1 saturated carbocycles. The zero-order valence-corrected chi connectivity index (χ0v) is 11.6. The summed E-state index contributed by atoms with van der Waals surface area (Å²) in [4.78, 5) is 0. The van der Waals surface area contributed by atoms with E-state index in [-0.39, 0.29) is 5.41 Å². The minimum atomic E-state index is -0.495. The van der Waals surface area contributed by atoms with Gasteiger partial charge in [-0.3, -0.25) is 4.68 Å². The van der Waals surface area contributed by atoms with Crippen LogP contribution in [0.5, 0.6) is 0 Å². The van der Waals surface area contributed by atoms with Gasteiger partial charge in [-0.25, -0.2) is 0 Å². The van der Waals surface area contributed by atoms with E-state index >= 15 is 0 Å². The first-order valence-electron chi connectivity index (χ1n) is 7.18. The lowest BCUT2D eigenvalue weighted by molar-refractivity contribution is -0.0297. The second-order valence-electron chi connectivity index (χ2n) is 5.78. The molecule has 2 aromatic rings. The van der Waals surface area contributed by atoms with Gasteiger partial charge in [0, 0.05) is 23.7 Å². The normalized spacial score (nSPS) is 18.5. The number of nitrogens with zero attached hydrogens (tertiary/aromatic N) is 2. The molecule has 1 aromatic heterocycles. The molecule has 1 aromatic carbocycles. The van der Waals surface area contributed by atoms with Crippen molar-refractivity contribution in [2.24, 2.45) is 11.1 Å². The van der Waals surface area contributed by atoms with Crippen molar-refractivity contribution in [1.82, 2.24) is 9.78 Å². The highest BCUT2D eigenvalue weighted by Crippen LogP contribution is 2.49. The number of aliphatic hydroxyl groups excluding tert-OH is 1. The molecular formula is C16H21N3O. The van der Waals surface area contributed by atoms with Crippen molar-refractivity contribution in [3.63, 3.8) is 0 Å². The van der Waals surface area contributed by atoms with E-state index in [9.17, 15) is 5.11 Å². The van der Waals surface area contributed by atoms with Crippen LogP contribution in [0.2, 0.25) is 0 Å². The molecule has 1 aliphatic carbocycles. The fraction of sp³-hybridized carbons (Fsp3) is 0.438. The number of benzene rings is 1. The zero-order valence-electron chi connectivity index (χ0n) is 11.6. The number of aromatic nitrogens is 2. The highest BCUT2D eigenvalue weighted by Gasteiger charge is 2.43. The lowest BCUT2D eigenvalue weighted by atomic mass is 9.64. The number of aliphatic hydroxyl groups is 1. The maximum absolute atomic E-state index is 10.5. The number of hydrogen-bond acceptors (Lipinski definition) is 3. The van der Waals surface area contributed by atoms with Gasteiger partial charge in [-0.1, -0.05) is 36.8 Å². The summed E-state index contributed by atoms with van der Waals surface area (Å²) in [6.07, 6.45) is 6.39. The molecule has 0 bridgehead atoms. The second-order valence-corrected chi connectivity index (χ2v) is 5.78. The maximum atomic E-state index is 10.5. The molecule has 20 heavy (non-hydrogen) atoms. The Morgan fingerprint density at radius 1 is 1.30 bits per heavy atom. The van der Waals surface area contributed by atoms with Crippen LogP contribution < -0.4 is 5.73 Å². The van der Waals surface area contributed by atoms with E-state index in [0.29, 0.717) is 6.54 Å². The van der Waals surface area contributed by atoms with Crippen LogP contribution in [0.4, 0.5) is 0 Å². The Bertz CT molecular complexity index is 555. The minimum Gasteiger partial charge on any atom is -0.388 e. The zero-order chi connectivity index (χ0) is 14.0. The first-order valence-corrected chi connectivity index (χ1v) is 7.18. The summed E-state index contributed by atoms with van der Waals surface area (Å²) in [6.45, 7) is 1.27. The van der Waals surface area contributed by atoms with Crippen LogP contribution in [0.25, 0.3) is 0 Å². The molecule has 0 amide bonds. The lowest BCUT2D eigenvalue weighted by Gasteiger charge is -2.44. The monoisotopic (exact) mass is 271 g/mol. The summed E-state index contributed by atoms with van der Waals surface area (Å²) in [5, 5.41) is 14.9. The molecule has 106 valence electrons. The molecule has 1 unspecified atom stereocenters. The molecule has 1 heterocycles. The smallest absolute Gasteiger partial charge is 0.0888 e. The Balaban J connectivity index is 1.73. The third-order valence-corrected chi connectivity index (χ3v) is 4.49. The predicted octanol–water partition coefficient (Wildman–Crippen LogP) is 2.09. The van der Waals surface area contributed by atoms with Gasteiger partial charge in [-0.05, 0) is 18.4 Å². The second kappa shape index (κ2) is 5.38. The molecule has 0 saturated heterocycles. The van der Waals surface area contributed by atoms with Crippen molar-refractivity contribution in [2.45, 2.75) is 31.9 Å². The summed E-state index contributed by atoms with van der Waals surface area (Å²) in [6, 6.07) is 10.2. The number of hydrogen-bond donors (Lipinski definition) is 2. The van der Waals surface area contributed by atoms with Crippen LogP contribution in [-0.2, 0) is 6.54 Å². The van der Waals surface area contributed by atoms with Crippen LogP contribution in [0.15, 0.2) is 42.7 Å². The highest BCUT2D eigenvalue weighted by molar-refractivity contribution is 5.18. The minimum absolute atomic E-state index is 0.124. The topological polar surface area (TPSA) is 64.1 Å².